The monoisotopic (exact) mass is 597 g/mol. The van der Waals surface area contributed by atoms with Crippen molar-refractivity contribution in [3.8, 4) is 11.1 Å². The van der Waals surface area contributed by atoms with E-state index >= 15 is 4.39 Å². The van der Waals surface area contributed by atoms with Crippen LogP contribution in [0.3, 0.4) is 0 Å². The topological polar surface area (TPSA) is 177 Å². The highest BCUT2D eigenvalue weighted by atomic mass is 35.5. The summed E-state index contributed by atoms with van der Waals surface area (Å²) in [6, 6.07) is 16.6. The molecule has 10 nitrogen and oxygen atoms in total. The number of hydrogen-bond donors (Lipinski definition) is 5. The fourth-order valence-electron chi connectivity index (χ4n) is 3.85. The van der Waals surface area contributed by atoms with Crippen LogP contribution in [-0.2, 0) is 25.5 Å². The number of primary amides is 2. The van der Waals surface area contributed by atoms with E-state index < -0.39 is 17.6 Å². The summed E-state index contributed by atoms with van der Waals surface area (Å²) in [5.41, 5.74) is 11.4. The molecule has 42 heavy (non-hydrogen) atoms. The van der Waals surface area contributed by atoms with Gasteiger partial charge >= 0.3 is 5.97 Å². The smallest absolute Gasteiger partial charge is 0.337 e. The van der Waals surface area contributed by atoms with Gasteiger partial charge in [-0.05, 0) is 49.1 Å². The molecule has 0 aliphatic carbocycles. The Bertz CT molecular complexity index is 1460. The van der Waals surface area contributed by atoms with Gasteiger partial charge in [-0.25, -0.2) is 9.18 Å². The first-order valence-corrected chi connectivity index (χ1v) is 13.2. The van der Waals surface area contributed by atoms with E-state index in [2.05, 4.69) is 21.1 Å². The summed E-state index contributed by atoms with van der Waals surface area (Å²) < 4.78 is 19.7. The predicted octanol–water partition coefficient (Wildman–Crippen LogP) is 3.83. The van der Waals surface area contributed by atoms with Crippen LogP contribution in [0, 0.1) is 11.2 Å². The summed E-state index contributed by atoms with van der Waals surface area (Å²) >= 11 is 6.22. The Morgan fingerprint density at radius 2 is 1.64 bits per heavy atom. The van der Waals surface area contributed by atoms with E-state index in [0.717, 1.165) is 0 Å². The van der Waals surface area contributed by atoms with Crippen molar-refractivity contribution in [3.05, 3.63) is 88.2 Å². The number of nitrogens with two attached hydrogens (primary N) is 2. The predicted molar refractivity (Wildman–Crippen MR) is 160 cm³/mol. The van der Waals surface area contributed by atoms with Gasteiger partial charge in [0.05, 0.1) is 19.2 Å². The van der Waals surface area contributed by atoms with Crippen LogP contribution in [0.5, 0.6) is 0 Å². The minimum absolute atomic E-state index is 0.0780. The van der Waals surface area contributed by atoms with Crippen molar-refractivity contribution >= 4 is 46.7 Å². The second-order valence-corrected chi connectivity index (χ2v) is 9.43. The number of halogens is 2. The zero-order chi connectivity index (χ0) is 31.2. The average Bonchev–Trinajstić information content (AvgIpc) is 2.96. The van der Waals surface area contributed by atoms with Crippen molar-refractivity contribution in [2.45, 2.75) is 26.2 Å². The standard InChI is InChI=1S/C28H28ClFN4O4.C2H5NO/c1-38-28(37)18-12-13-23(21(15-18)26(31)27(32)36)34-16-24(35)33-14-5-4-7-17-8-6-10-20(25(17)30)19-9-2-3-11-22(19)29;1-2(3)4/h2-3,6,8-13,15,31,34H,4-5,7,14,16H2,1H3,(H2,32,36)(H,33,35);1H3,(H2,3,4). The Morgan fingerprint density at radius 1 is 0.976 bits per heavy atom. The second-order valence-electron chi connectivity index (χ2n) is 9.02. The molecule has 0 unspecified atom stereocenters. The van der Waals surface area contributed by atoms with Crippen molar-refractivity contribution in [1.29, 1.82) is 5.41 Å². The van der Waals surface area contributed by atoms with Crippen molar-refractivity contribution in [2.24, 2.45) is 11.5 Å². The molecule has 7 N–H and O–H groups in total. The first-order chi connectivity index (χ1) is 20.0. The largest absolute Gasteiger partial charge is 0.465 e. The number of amides is 3. The Balaban J connectivity index is 0.00000144. The summed E-state index contributed by atoms with van der Waals surface area (Å²) in [4.78, 5) is 44.8. The number of hydrogen-bond acceptors (Lipinski definition) is 7. The lowest BCUT2D eigenvalue weighted by atomic mass is 9.99. The molecule has 0 radical (unpaired) electrons. The fourth-order valence-corrected chi connectivity index (χ4v) is 4.09. The van der Waals surface area contributed by atoms with E-state index in [1.807, 2.05) is 6.07 Å². The normalized spacial score (nSPS) is 10.1. The molecule has 3 rings (SSSR count). The van der Waals surface area contributed by atoms with Crippen LogP contribution >= 0.6 is 11.6 Å². The van der Waals surface area contributed by atoms with Gasteiger partial charge in [-0.15, -0.1) is 0 Å². The van der Waals surface area contributed by atoms with Gasteiger partial charge in [-0.3, -0.25) is 19.8 Å². The molecule has 222 valence electrons. The average molecular weight is 598 g/mol. The molecule has 0 aromatic heterocycles. The van der Waals surface area contributed by atoms with Crippen molar-refractivity contribution in [3.63, 3.8) is 0 Å². The van der Waals surface area contributed by atoms with E-state index in [4.69, 9.17) is 22.7 Å². The Kier molecular flexibility index (Phi) is 13.1. The molecule has 0 spiro atoms. The molecule has 3 aromatic carbocycles. The van der Waals surface area contributed by atoms with Crippen LogP contribution in [0.1, 0.15) is 41.3 Å². The summed E-state index contributed by atoms with van der Waals surface area (Å²) in [6.07, 6.45) is 1.79. The molecule has 0 aliphatic heterocycles. The van der Waals surface area contributed by atoms with E-state index in [0.29, 0.717) is 53.2 Å². The highest BCUT2D eigenvalue weighted by molar-refractivity contribution is 6.44. The number of rotatable bonds is 12. The SMILES string of the molecule is CC(N)=O.COC(=O)c1ccc(NCC(=O)NCCCCc2cccc(-c3ccccc3Cl)c2F)c(C(=N)C(N)=O)c1. The number of benzene rings is 3. The molecule has 0 saturated carbocycles. The molecule has 12 heteroatoms. The molecule has 0 saturated heterocycles. The Labute approximate surface area is 248 Å². The van der Waals surface area contributed by atoms with Gasteiger partial charge in [0.25, 0.3) is 5.91 Å². The molecular weight excluding hydrogens is 565 g/mol. The number of methoxy groups -OCH3 is 1. The van der Waals surface area contributed by atoms with Gasteiger partial charge in [0.15, 0.2) is 0 Å². The van der Waals surface area contributed by atoms with Gasteiger partial charge < -0.3 is 26.8 Å². The second kappa shape index (κ2) is 16.5. The highest BCUT2D eigenvalue weighted by Crippen LogP contribution is 2.31. The zero-order valence-electron chi connectivity index (χ0n) is 23.3. The van der Waals surface area contributed by atoms with E-state index in [1.165, 1.54) is 32.2 Å². The molecular formula is C30H33ClFN5O5. The van der Waals surface area contributed by atoms with Crippen LogP contribution in [0.2, 0.25) is 5.02 Å². The Morgan fingerprint density at radius 3 is 2.29 bits per heavy atom. The highest BCUT2D eigenvalue weighted by Gasteiger charge is 2.17. The van der Waals surface area contributed by atoms with Crippen LogP contribution < -0.4 is 22.1 Å². The van der Waals surface area contributed by atoms with Crippen LogP contribution in [-0.4, -0.2) is 49.6 Å². The molecule has 0 aliphatic rings. The third-order valence-corrected chi connectivity index (χ3v) is 6.16. The van der Waals surface area contributed by atoms with E-state index in [-0.39, 0.29) is 35.3 Å². The van der Waals surface area contributed by atoms with Crippen molar-refractivity contribution < 1.29 is 28.3 Å². The zero-order valence-corrected chi connectivity index (χ0v) is 24.0. The molecule has 0 bridgehead atoms. The van der Waals surface area contributed by atoms with Gasteiger partial charge in [0.1, 0.15) is 11.5 Å². The lowest BCUT2D eigenvalue weighted by molar-refractivity contribution is -0.119. The van der Waals surface area contributed by atoms with E-state index in [1.54, 1.807) is 36.4 Å². The Hall–Kier alpha value is -4.77. The minimum Gasteiger partial charge on any atom is -0.465 e. The minimum atomic E-state index is -0.978. The molecule has 3 amide bonds. The third-order valence-electron chi connectivity index (χ3n) is 5.83. The lowest BCUT2D eigenvalue weighted by Crippen LogP contribution is -2.31. The summed E-state index contributed by atoms with van der Waals surface area (Å²) in [6.45, 7) is 1.56. The number of ether oxygens (including phenoxy) is 1. The maximum atomic E-state index is 15.1. The van der Waals surface area contributed by atoms with Gasteiger partial charge in [-0.1, -0.05) is 48.0 Å². The molecule has 0 fully saturated rings. The molecule has 3 aromatic rings. The number of aryl methyl sites for hydroxylation is 1. The fraction of sp³-hybridized carbons (Fsp3) is 0.233. The number of anilines is 1. The van der Waals surface area contributed by atoms with Gasteiger partial charge in [-0.2, -0.15) is 0 Å². The number of unbranched alkanes of at least 4 members (excludes halogenated alkanes) is 1. The number of esters is 1. The van der Waals surface area contributed by atoms with Gasteiger partial charge in [0.2, 0.25) is 11.8 Å². The van der Waals surface area contributed by atoms with Crippen molar-refractivity contribution in [1.82, 2.24) is 5.32 Å². The van der Waals surface area contributed by atoms with Crippen LogP contribution in [0.15, 0.2) is 60.7 Å². The lowest BCUT2D eigenvalue weighted by Gasteiger charge is -2.13. The molecule has 0 heterocycles. The number of nitrogens with one attached hydrogen (secondary N) is 3. The van der Waals surface area contributed by atoms with Crippen LogP contribution in [0.25, 0.3) is 11.1 Å². The molecule has 0 atom stereocenters. The third kappa shape index (κ3) is 10.0. The number of carbonyl (C=O) groups is 4. The first-order valence-electron chi connectivity index (χ1n) is 12.9. The summed E-state index contributed by atoms with van der Waals surface area (Å²) in [7, 11) is 1.21. The van der Waals surface area contributed by atoms with Gasteiger partial charge in [0, 0.05) is 40.9 Å². The summed E-state index contributed by atoms with van der Waals surface area (Å²) in [5.74, 6) is -2.56. The van der Waals surface area contributed by atoms with Crippen molar-refractivity contribution in [2.75, 3.05) is 25.5 Å². The maximum absolute atomic E-state index is 15.1. The summed E-state index contributed by atoms with van der Waals surface area (Å²) in [5, 5.41) is 14.0. The van der Waals surface area contributed by atoms with E-state index in [9.17, 15) is 19.2 Å². The maximum Gasteiger partial charge on any atom is 0.337 e. The first kappa shape index (κ1) is 33.4. The number of carbonyl (C=O) groups excluding carboxylic acids is 4. The van der Waals surface area contributed by atoms with Crippen LogP contribution in [0.4, 0.5) is 10.1 Å². The quantitative estimate of drug-likeness (QED) is 0.120.